The van der Waals surface area contributed by atoms with Gasteiger partial charge in [0.15, 0.2) is 6.61 Å². The van der Waals surface area contributed by atoms with Crippen LogP contribution >= 0.6 is 0 Å². The van der Waals surface area contributed by atoms with Gasteiger partial charge in [0.05, 0.1) is 18.4 Å². The van der Waals surface area contributed by atoms with Crippen molar-refractivity contribution in [3.63, 3.8) is 0 Å². The first-order valence-corrected chi connectivity index (χ1v) is 9.14. The van der Waals surface area contributed by atoms with Gasteiger partial charge in [-0.15, -0.1) is 0 Å². The Kier molecular flexibility index (Phi) is 7.21. The molecule has 3 rings (SSSR count). The topological polar surface area (TPSA) is 107 Å². The molecule has 0 saturated heterocycles. The van der Waals surface area contributed by atoms with Gasteiger partial charge in [-0.25, -0.2) is 9.59 Å². The Morgan fingerprint density at radius 1 is 0.900 bits per heavy atom. The van der Waals surface area contributed by atoms with Crippen molar-refractivity contribution >= 4 is 17.9 Å². The van der Waals surface area contributed by atoms with Gasteiger partial charge in [0.1, 0.15) is 18.1 Å². The quantitative estimate of drug-likeness (QED) is 0.555. The molecule has 0 aliphatic carbocycles. The lowest BCUT2D eigenvalue weighted by molar-refractivity contribution is -0.123. The molecule has 0 bridgehead atoms. The molecule has 154 valence electrons. The fraction of sp³-hybridized carbons (Fsp3) is 0.136. The fourth-order valence-corrected chi connectivity index (χ4v) is 2.42. The highest BCUT2D eigenvalue weighted by molar-refractivity contribution is 5.97. The second kappa shape index (κ2) is 10.5. The van der Waals surface area contributed by atoms with E-state index in [0.717, 1.165) is 11.3 Å². The van der Waals surface area contributed by atoms with Crippen LogP contribution in [0.25, 0.3) is 0 Å². The summed E-state index contributed by atoms with van der Waals surface area (Å²) in [6.45, 7) is -0.0903. The van der Waals surface area contributed by atoms with E-state index in [9.17, 15) is 14.4 Å². The standard InChI is InChI=1S/C22H20N2O6/c25-20(24-22(27)23-13-19-7-4-12-28-19)15-30-21(26)17-10-8-16(9-11-17)14-29-18-5-2-1-3-6-18/h1-12H,13-15H2,(H2,23,24,25,27). The van der Waals surface area contributed by atoms with E-state index in [1.807, 2.05) is 30.3 Å². The Labute approximate surface area is 172 Å². The van der Waals surface area contributed by atoms with E-state index < -0.39 is 24.5 Å². The number of carbonyl (C=O) groups is 3. The summed E-state index contributed by atoms with van der Waals surface area (Å²) in [6.07, 6.45) is 1.47. The number of para-hydroxylation sites is 1. The van der Waals surface area contributed by atoms with Gasteiger partial charge in [0.25, 0.3) is 5.91 Å². The van der Waals surface area contributed by atoms with Crippen LogP contribution in [0.2, 0.25) is 0 Å². The molecule has 0 radical (unpaired) electrons. The minimum atomic E-state index is -0.742. The second-order valence-electron chi connectivity index (χ2n) is 6.19. The number of nitrogens with one attached hydrogen (secondary N) is 2. The van der Waals surface area contributed by atoms with Gasteiger partial charge in [-0.3, -0.25) is 10.1 Å². The molecule has 8 nitrogen and oxygen atoms in total. The van der Waals surface area contributed by atoms with Crippen molar-refractivity contribution in [2.45, 2.75) is 13.2 Å². The normalized spacial score (nSPS) is 10.1. The van der Waals surface area contributed by atoms with E-state index in [1.165, 1.54) is 6.26 Å². The summed E-state index contributed by atoms with van der Waals surface area (Å²) < 4.78 is 15.6. The monoisotopic (exact) mass is 408 g/mol. The summed E-state index contributed by atoms with van der Waals surface area (Å²) in [5.41, 5.74) is 1.16. The van der Waals surface area contributed by atoms with Gasteiger partial charge in [-0.1, -0.05) is 30.3 Å². The van der Waals surface area contributed by atoms with Crippen LogP contribution in [0.15, 0.2) is 77.4 Å². The Hall–Kier alpha value is -4.07. The molecule has 0 aliphatic rings. The number of hydrogen-bond acceptors (Lipinski definition) is 6. The predicted octanol–water partition coefficient (Wildman–Crippen LogP) is 3.04. The molecule has 0 aliphatic heterocycles. The molecule has 1 heterocycles. The van der Waals surface area contributed by atoms with Gasteiger partial charge in [-0.05, 0) is 42.0 Å². The number of furan rings is 1. The summed E-state index contributed by atoms with van der Waals surface area (Å²) in [4.78, 5) is 35.4. The van der Waals surface area contributed by atoms with Gasteiger partial charge in [-0.2, -0.15) is 0 Å². The third-order valence-corrected chi connectivity index (χ3v) is 3.93. The summed E-state index contributed by atoms with van der Waals surface area (Å²) in [6, 6.07) is 18.7. The molecule has 8 heteroatoms. The number of amides is 3. The third kappa shape index (κ3) is 6.52. The van der Waals surface area contributed by atoms with Crippen LogP contribution in [0.4, 0.5) is 4.79 Å². The molecule has 1 aromatic heterocycles. The van der Waals surface area contributed by atoms with Crippen LogP contribution in [0.3, 0.4) is 0 Å². The Morgan fingerprint density at radius 2 is 1.67 bits per heavy atom. The average Bonchev–Trinajstić information content (AvgIpc) is 3.29. The fourth-order valence-electron chi connectivity index (χ4n) is 2.42. The SMILES string of the molecule is O=C(COC(=O)c1ccc(COc2ccccc2)cc1)NC(=O)NCc1ccco1. The Balaban J connectivity index is 1.38. The number of rotatable bonds is 8. The van der Waals surface area contributed by atoms with Crippen LogP contribution in [0.5, 0.6) is 5.75 Å². The van der Waals surface area contributed by atoms with Crippen LogP contribution in [0, 0.1) is 0 Å². The molecular formula is C22H20N2O6. The highest BCUT2D eigenvalue weighted by Crippen LogP contribution is 2.12. The molecule has 3 amide bonds. The minimum Gasteiger partial charge on any atom is -0.489 e. The number of carbonyl (C=O) groups excluding carboxylic acids is 3. The van der Waals surface area contributed by atoms with Crippen molar-refractivity contribution < 1.29 is 28.3 Å². The van der Waals surface area contributed by atoms with Crippen molar-refractivity contribution in [3.05, 3.63) is 89.9 Å². The average molecular weight is 408 g/mol. The Bertz CT molecular complexity index is 969. The number of hydrogen-bond donors (Lipinski definition) is 2. The molecule has 2 N–H and O–H groups in total. The maximum Gasteiger partial charge on any atom is 0.338 e. The molecule has 0 saturated carbocycles. The van der Waals surface area contributed by atoms with E-state index in [2.05, 4.69) is 10.6 Å². The highest BCUT2D eigenvalue weighted by Gasteiger charge is 2.13. The van der Waals surface area contributed by atoms with Crippen molar-refractivity contribution in [2.75, 3.05) is 6.61 Å². The summed E-state index contributed by atoms with van der Waals surface area (Å²) in [5, 5.41) is 4.51. The molecule has 2 aromatic carbocycles. The van der Waals surface area contributed by atoms with Gasteiger partial charge < -0.3 is 19.2 Å². The zero-order valence-corrected chi connectivity index (χ0v) is 16.0. The van der Waals surface area contributed by atoms with Crippen LogP contribution < -0.4 is 15.4 Å². The first-order chi connectivity index (χ1) is 14.6. The van der Waals surface area contributed by atoms with Crippen molar-refractivity contribution in [2.24, 2.45) is 0 Å². The lowest BCUT2D eigenvalue weighted by atomic mass is 10.1. The first-order valence-electron chi connectivity index (χ1n) is 9.14. The number of imide groups is 1. The van der Waals surface area contributed by atoms with E-state index in [4.69, 9.17) is 13.9 Å². The molecule has 30 heavy (non-hydrogen) atoms. The first kappa shape index (κ1) is 20.7. The van der Waals surface area contributed by atoms with Gasteiger partial charge in [0.2, 0.25) is 0 Å². The van der Waals surface area contributed by atoms with Gasteiger partial charge >= 0.3 is 12.0 Å². The highest BCUT2D eigenvalue weighted by atomic mass is 16.5. The maximum atomic E-state index is 12.1. The van der Waals surface area contributed by atoms with Gasteiger partial charge in [0, 0.05) is 0 Å². The molecule has 0 spiro atoms. The molecule has 3 aromatic rings. The third-order valence-electron chi connectivity index (χ3n) is 3.93. The zero-order chi connectivity index (χ0) is 21.2. The van der Waals surface area contributed by atoms with Crippen LogP contribution in [-0.4, -0.2) is 24.5 Å². The van der Waals surface area contributed by atoms with E-state index >= 15 is 0 Å². The summed E-state index contributed by atoms with van der Waals surface area (Å²) in [5.74, 6) is -0.119. The second-order valence-corrected chi connectivity index (χ2v) is 6.19. The number of ether oxygens (including phenoxy) is 2. The largest absolute Gasteiger partial charge is 0.489 e. The molecule has 0 unspecified atom stereocenters. The lowest BCUT2D eigenvalue weighted by Crippen LogP contribution is -2.41. The zero-order valence-electron chi connectivity index (χ0n) is 16.0. The van der Waals surface area contributed by atoms with E-state index in [1.54, 1.807) is 36.4 Å². The van der Waals surface area contributed by atoms with E-state index in [0.29, 0.717) is 12.4 Å². The van der Waals surface area contributed by atoms with E-state index in [-0.39, 0.29) is 12.1 Å². The lowest BCUT2D eigenvalue weighted by Gasteiger charge is -2.08. The minimum absolute atomic E-state index is 0.131. The van der Waals surface area contributed by atoms with Crippen LogP contribution in [-0.2, 0) is 22.7 Å². The van der Waals surface area contributed by atoms with Crippen molar-refractivity contribution in [3.8, 4) is 5.75 Å². The summed E-state index contributed by atoms with van der Waals surface area (Å²) in [7, 11) is 0. The molecular weight excluding hydrogens is 388 g/mol. The number of benzene rings is 2. The molecule has 0 atom stereocenters. The maximum absolute atomic E-state index is 12.1. The van der Waals surface area contributed by atoms with Crippen molar-refractivity contribution in [1.82, 2.24) is 10.6 Å². The van der Waals surface area contributed by atoms with Crippen molar-refractivity contribution in [1.29, 1.82) is 0 Å². The number of urea groups is 1. The Morgan fingerprint density at radius 3 is 2.37 bits per heavy atom. The van der Waals surface area contributed by atoms with Crippen LogP contribution in [0.1, 0.15) is 21.7 Å². The predicted molar refractivity (Wildman–Crippen MR) is 107 cm³/mol. The molecule has 0 fully saturated rings. The smallest absolute Gasteiger partial charge is 0.338 e. The number of esters is 1. The summed E-state index contributed by atoms with van der Waals surface area (Å²) >= 11 is 0.